The zero-order valence-corrected chi connectivity index (χ0v) is 14.7. The van der Waals surface area contributed by atoms with Crippen molar-refractivity contribution in [3.8, 4) is 0 Å². The molecule has 0 fully saturated rings. The Balaban J connectivity index is 1.83. The topological polar surface area (TPSA) is 45.2 Å². The molecular formula is C18H21ClN2OS. The third-order valence-corrected chi connectivity index (χ3v) is 5.47. The lowest BCUT2D eigenvalue weighted by molar-refractivity contribution is 0.237. The van der Waals surface area contributed by atoms with Crippen molar-refractivity contribution >= 4 is 29.2 Å². The van der Waals surface area contributed by atoms with Gasteiger partial charge in [0, 0.05) is 34.7 Å². The highest BCUT2D eigenvalue weighted by molar-refractivity contribution is 8.06. The van der Waals surface area contributed by atoms with Gasteiger partial charge in [-0.05, 0) is 30.4 Å². The van der Waals surface area contributed by atoms with Gasteiger partial charge in [-0.1, -0.05) is 43.0 Å². The summed E-state index contributed by atoms with van der Waals surface area (Å²) < 4.78 is 0. The Hall–Kier alpha value is -1.23. The number of hydrogen-bond donors (Lipinski definition) is 2. The third-order valence-electron chi connectivity index (χ3n) is 3.97. The highest BCUT2D eigenvalue weighted by Gasteiger charge is 2.21. The molecule has 0 radical (unpaired) electrons. The number of allylic oxidation sites excluding steroid dienone is 5. The molecule has 3 rings (SSSR count). The highest BCUT2D eigenvalue weighted by Crippen LogP contribution is 2.39. The van der Waals surface area contributed by atoms with E-state index in [1.165, 1.54) is 21.1 Å². The molecule has 0 saturated heterocycles. The number of fused-ring (bicyclic) bond motifs is 1. The third kappa shape index (κ3) is 4.19. The van der Waals surface area contributed by atoms with Crippen molar-refractivity contribution in [2.24, 2.45) is 5.92 Å². The molecular weight excluding hydrogens is 328 g/mol. The van der Waals surface area contributed by atoms with Gasteiger partial charge in [-0.25, -0.2) is 4.98 Å². The monoisotopic (exact) mass is 348 g/mol. The first-order valence-electron chi connectivity index (χ1n) is 7.89. The lowest BCUT2D eigenvalue weighted by atomic mass is 10.0. The van der Waals surface area contributed by atoms with Crippen LogP contribution in [-0.2, 0) is 6.42 Å². The number of pyridine rings is 1. The number of anilines is 1. The number of aromatic nitrogens is 1. The summed E-state index contributed by atoms with van der Waals surface area (Å²) in [7, 11) is 0. The molecule has 23 heavy (non-hydrogen) atoms. The van der Waals surface area contributed by atoms with Gasteiger partial charge in [0.25, 0.3) is 0 Å². The molecule has 2 heterocycles. The van der Waals surface area contributed by atoms with Crippen molar-refractivity contribution in [1.82, 2.24) is 4.98 Å². The molecule has 1 aliphatic heterocycles. The quantitative estimate of drug-likeness (QED) is 0.771. The minimum absolute atomic E-state index is 0.108. The average molecular weight is 349 g/mol. The fourth-order valence-electron chi connectivity index (χ4n) is 2.65. The number of alkyl halides is 1. The van der Waals surface area contributed by atoms with Crippen LogP contribution in [0.15, 0.2) is 52.1 Å². The van der Waals surface area contributed by atoms with Crippen LogP contribution in [0.1, 0.15) is 25.3 Å². The molecule has 2 N–H and O–H groups in total. The lowest BCUT2D eigenvalue weighted by Gasteiger charge is -2.25. The van der Waals surface area contributed by atoms with E-state index < -0.39 is 0 Å². The van der Waals surface area contributed by atoms with Gasteiger partial charge in [0.15, 0.2) is 0 Å². The van der Waals surface area contributed by atoms with Crippen LogP contribution >= 0.6 is 23.4 Å². The second-order valence-corrected chi connectivity index (χ2v) is 7.75. The van der Waals surface area contributed by atoms with E-state index in [0.29, 0.717) is 0 Å². The molecule has 0 aromatic carbocycles. The lowest BCUT2D eigenvalue weighted by Crippen LogP contribution is -2.16. The van der Waals surface area contributed by atoms with Crippen LogP contribution in [-0.4, -0.2) is 22.1 Å². The standard InChI is InChI=1S/C18H21ClN2OS/c1-12(11-22)9-16-17(23-15-6-4-14(19)5-7-15)10-13-3-2-8-20-18(13)21-16/h2-4,6-8,12,14,22H,5,9-11H2,1H3,(H,20,21)/t12-,14?/m0/s1. The van der Waals surface area contributed by atoms with E-state index in [2.05, 4.69) is 35.4 Å². The molecule has 3 nitrogen and oxygen atoms in total. The number of thioether (sulfide) groups is 1. The van der Waals surface area contributed by atoms with Crippen LogP contribution in [0.2, 0.25) is 0 Å². The Morgan fingerprint density at radius 2 is 2.39 bits per heavy atom. The fraction of sp³-hybridized carbons (Fsp3) is 0.389. The summed E-state index contributed by atoms with van der Waals surface area (Å²) in [6.45, 7) is 2.25. The van der Waals surface area contributed by atoms with Crippen LogP contribution in [0, 0.1) is 5.92 Å². The van der Waals surface area contributed by atoms with Crippen LogP contribution in [0.4, 0.5) is 5.82 Å². The fourth-order valence-corrected chi connectivity index (χ4v) is 3.91. The van der Waals surface area contributed by atoms with Gasteiger partial charge < -0.3 is 10.4 Å². The minimum atomic E-state index is 0.108. The molecule has 122 valence electrons. The van der Waals surface area contributed by atoms with Crippen molar-refractivity contribution in [2.45, 2.75) is 31.6 Å². The Bertz CT molecular complexity index is 669. The summed E-state index contributed by atoms with van der Waals surface area (Å²) in [4.78, 5) is 6.97. The van der Waals surface area contributed by atoms with Crippen molar-refractivity contribution in [3.05, 3.63) is 57.6 Å². The number of halogens is 1. The summed E-state index contributed by atoms with van der Waals surface area (Å²) in [5.74, 6) is 1.16. The van der Waals surface area contributed by atoms with Gasteiger partial charge in [0.05, 0.1) is 5.38 Å². The summed E-state index contributed by atoms with van der Waals surface area (Å²) in [6.07, 6.45) is 10.7. The van der Waals surface area contributed by atoms with Gasteiger partial charge in [-0.2, -0.15) is 0 Å². The Morgan fingerprint density at radius 1 is 1.52 bits per heavy atom. The van der Waals surface area contributed by atoms with E-state index in [-0.39, 0.29) is 17.9 Å². The predicted octanol–water partition coefficient (Wildman–Crippen LogP) is 4.46. The van der Waals surface area contributed by atoms with Crippen molar-refractivity contribution in [1.29, 1.82) is 0 Å². The van der Waals surface area contributed by atoms with Gasteiger partial charge in [-0.15, -0.1) is 11.6 Å². The van der Waals surface area contributed by atoms with E-state index in [0.717, 1.165) is 25.1 Å². The van der Waals surface area contributed by atoms with E-state index in [9.17, 15) is 5.11 Å². The second-order valence-electron chi connectivity index (χ2n) is 6.03. The van der Waals surface area contributed by atoms with E-state index in [4.69, 9.17) is 11.6 Å². The zero-order chi connectivity index (χ0) is 16.2. The second kappa shape index (κ2) is 7.56. The number of aliphatic hydroxyl groups excluding tert-OH is 1. The van der Waals surface area contributed by atoms with Gasteiger partial charge in [-0.3, -0.25) is 0 Å². The van der Waals surface area contributed by atoms with E-state index in [1.807, 2.05) is 18.3 Å². The summed E-state index contributed by atoms with van der Waals surface area (Å²) >= 11 is 7.90. The summed E-state index contributed by atoms with van der Waals surface area (Å²) in [6, 6.07) is 4.09. The maximum Gasteiger partial charge on any atom is 0.133 e. The van der Waals surface area contributed by atoms with Gasteiger partial charge in [0.1, 0.15) is 5.82 Å². The van der Waals surface area contributed by atoms with Gasteiger partial charge >= 0.3 is 0 Å². The first kappa shape index (κ1) is 16.6. The van der Waals surface area contributed by atoms with Crippen molar-refractivity contribution in [3.63, 3.8) is 0 Å². The van der Waals surface area contributed by atoms with Crippen molar-refractivity contribution < 1.29 is 5.11 Å². The molecule has 0 saturated carbocycles. The molecule has 5 heteroatoms. The minimum Gasteiger partial charge on any atom is -0.396 e. The Morgan fingerprint density at radius 3 is 3.13 bits per heavy atom. The Kier molecular flexibility index (Phi) is 5.46. The number of aliphatic hydroxyl groups is 1. The number of nitrogens with zero attached hydrogens (tertiary/aromatic N) is 1. The number of hydrogen-bond acceptors (Lipinski definition) is 4. The zero-order valence-electron chi connectivity index (χ0n) is 13.1. The van der Waals surface area contributed by atoms with Crippen LogP contribution < -0.4 is 5.32 Å². The van der Waals surface area contributed by atoms with Crippen LogP contribution in [0.25, 0.3) is 0 Å². The largest absolute Gasteiger partial charge is 0.396 e. The molecule has 1 aromatic heterocycles. The maximum absolute atomic E-state index is 9.39. The van der Waals surface area contributed by atoms with Crippen molar-refractivity contribution in [2.75, 3.05) is 11.9 Å². The summed E-state index contributed by atoms with van der Waals surface area (Å²) in [5, 5.41) is 13.0. The smallest absolute Gasteiger partial charge is 0.133 e. The van der Waals surface area contributed by atoms with E-state index in [1.54, 1.807) is 11.8 Å². The van der Waals surface area contributed by atoms with Crippen LogP contribution in [0.3, 0.4) is 0 Å². The maximum atomic E-state index is 9.39. The molecule has 2 aliphatic rings. The van der Waals surface area contributed by atoms with Crippen LogP contribution in [0.5, 0.6) is 0 Å². The first-order chi connectivity index (χ1) is 11.2. The molecule has 1 aliphatic carbocycles. The average Bonchev–Trinajstić information content (AvgIpc) is 2.57. The molecule has 2 atom stereocenters. The number of nitrogens with one attached hydrogen (secondary N) is 1. The molecule has 1 unspecified atom stereocenters. The summed E-state index contributed by atoms with van der Waals surface area (Å²) in [5.41, 5.74) is 2.39. The molecule has 0 spiro atoms. The highest BCUT2D eigenvalue weighted by atomic mass is 35.5. The molecule has 0 bridgehead atoms. The molecule has 1 aromatic rings. The SMILES string of the molecule is C[C@H](CO)CC1=C(SC2=CCC(Cl)C=C2)Cc2cccnc2N1. The Labute approximate surface area is 146 Å². The molecule has 0 amide bonds. The van der Waals surface area contributed by atoms with E-state index >= 15 is 0 Å². The first-order valence-corrected chi connectivity index (χ1v) is 9.15. The van der Waals surface area contributed by atoms with Gasteiger partial charge in [0.2, 0.25) is 0 Å². The number of rotatable bonds is 5. The normalized spacial score (nSPS) is 21.5. The predicted molar refractivity (Wildman–Crippen MR) is 98.5 cm³/mol.